The highest BCUT2D eigenvalue weighted by Gasteiger charge is 2.59. The normalized spacial score (nSPS) is 52.2. The van der Waals surface area contributed by atoms with Gasteiger partial charge in [0.05, 0.1) is 98.8 Å². The Balaban J connectivity index is 0.000000193. The molecule has 0 amide bonds. The van der Waals surface area contributed by atoms with Crippen LogP contribution in [-0.2, 0) is 85.3 Å². The SMILES string of the molecule is C[C@H](N)[C@@H]1C=C[C@@H](N)[C@@H](O[C@H]2[C@H](O[C@@H]3O[C@H](CO)[C@@H](OC4O[C@@H](CN)[C@@H](O)[C@H](O)[C@H]4N)[C@H]3O)[C@@H](O)[C@H](N)C[C@@H]2N)O1.C[C@H](N)[C@@H]1C[C@@H](O)[C@@H](N)[C@@H](O[C@H]2[C@H](O[C@@H]3O[C@H](CO)[C@@H](OC4O[C@@H](CN)[C@@H](O)[C@H](O)[C@H]4N)[C@H]3O)[C@@H](O)[C@H](N)C[C@@H]2N)O1.NC[C@@H]1CC[C@@H](N)[C@@H](O[C@H]2[C@H](O[C@@H]3O[C@H](CO)[C@@H](O[C@H]4O[C@@H](CN)[C@@H](O)[C@H](O)[C@H]4N)[C@H]3O)[C@@H](O)[C@H](N)C[C@@H]2N)O1. The summed E-state index contributed by atoms with van der Waals surface area (Å²) >= 11 is 0. The second-order valence-electron chi connectivity index (χ2n) is 33.9. The van der Waals surface area contributed by atoms with Crippen LogP contribution < -0.4 is 103 Å². The molecule has 12 rings (SSSR count). The number of hydrogen-bond acceptors (Lipinski definition) is 52. The van der Waals surface area contributed by atoms with Gasteiger partial charge in [0, 0.05) is 80.9 Å². The molecular weight excluding hydrogens is 1650 g/mol. The molecule has 0 spiro atoms. The number of nitrogens with two attached hydrogens (primary N) is 18. The van der Waals surface area contributed by atoms with Gasteiger partial charge in [0.1, 0.15) is 146 Å². The van der Waals surface area contributed by atoms with Gasteiger partial charge in [0.25, 0.3) is 0 Å². The Morgan fingerprint density at radius 3 is 0.927 bits per heavy atom. The number of hydrogen-bond donors (Lipinski definition) is 34. The maximum Gasteiger partial charge on any atom is 0.187 e. The van der Waals surface area contributed by atoms with Crippen molar-refractivity contribution in [2.75, 3.05) is 46.0 Å². The average molecular weight is 1790 g/mol. The first kappa shape index (κ1) is 103. The molecule has 0 radical (unpaired) electrons. The van der Waals surface area contributed by atoms with Crippen LogP contribution in [0, 0.1) is 0 Å². The van der Waals surface area contributed by atoms with Crippen molar-refractivity contribution in [2.45, 2.75) is 383 Å². The van der Waals surface area contributed by atoms with Crippen molar-refractivity contribution in [2.24, 2.45) is 103 Å². The molecule has 2 unspecified atom stereocenters. The third-order valence-corrected chi connectivity index (χ3v) is 24.7. The minimum Gasteiger partial charge on any atom is -0.394 e. The van der Waals surface area contributed by atoms with Crippen LogP contribution in [0.2, 0.25) is 0 Å². The molecule has 718 valence electrons. The predicted molar refractivity (Wildman–Crippen MR) is 417 cm³/mol. The lowest BCUT2D eigenvalue weighted by atomic mass is 9.84. The molecule has 52 nitrogen and oxygen atoms in total. The van der Waals surface area contributed by atoms with E-state index in [1.165, 1.54) is 0 Å². The summed E-state index contributed by atoms with van der Waals surface area (Å²) in [4.78, 5) is 0. The van der Waals surface area contributed by atoms with Gasteiger partial charge in [-0.3, -0.25) is 0 Å². The predicted octanol–water partition coefficient (Wildman–Crippen LogP) is -21.0. The van der Waals surface area contributed by atoms with E-state index in [0.717, 1.165) is 0 Å². The third-order valence-electron chi connectivity index (χ3n) is 24.7. The molecule has 0 aromatic rings. The second kappa shape index (κ2) is 45.4. The van der Waals surface area contributed by atoms with Crippen molar-refractivity contribution >= 4 is 0 Å². The number of aliphatic hydroxyl groups excluding tert-OH is 16. The molecule has 3 saturated carbocycles. The molecule has 11 fully saturated rings. The molecule has 123 heavy (non-hydrogen) atoms. The van der Waals surface area contributed by atoms with E-state index in [9.17, 15) is 81.7 Å². The van der Waals surface area contributed by atoms with E-state index < -0.39 is 338 Å². The van der Waals surface area contributed by atoms with Crippen LogP contribution >= 0.6 is 0 Å². The summed E-state index contributed by atoms with van der Waals surface area (Å²) in [5, 5.41) is 168. The molecular formula is C71H140N18O34. The number of aliphatic hydroxyl groups is 16. The molecule has 0 aromatic carbocycles. The lowest BCUT2D eigenvalue weighted by molar-refractivity contribution is -0.296. The smallest absolute Gasteiger partial charge is 0.187 e. The van der Waals surface area contributed by atoms with E-state index in [2.05, 4.69) is 0 Å². The molecule has 0 bridgehead atoms. The van der Waals surface area contributed by atoms with Gasteiger partial charge in [0.15, 0.2) is 56.6 Å². The van der Waals surface area contributed by atoms with Crippen molar-refractivity contribution in [1.82, 2.24) is 0 Å². The summed E-state index contributed by atoms with van der Waals surface area (Å²) in [5.41, 5.74) is 108. The summed E-state index contributed by atoms with van der Waals surface area (Å²) in [5.74, 6) is 0. The number of rotatable bonds is 27. The molecule has 52 N–H and O–H groups in total. The van der Waals surface area contributed by atoms with Crippen LogP contribution in [-0.4, -0.2) is 458 Å². The van der Waals surface area contributed by atoms with Gasteiger partial charge in [-0.25, -0.2) is 0 Å². The minimum absolute atomic E-state index is 0.133. The van der Waals surface area contributed by atoms with Gasteiger partial charge in [-0.1, -0.05) is 12.2 Å². The first-order chi connectivity index (χ1) is 58.1. The monoisotopic (exact) mass is 1790 g/mol. The standard InChI is InChI=1S/C24H48N6O12.C24H46N6O11.C23H46N6O11/c1-6(26)10-3-9(32)13(29)22(37-10)40-19-8(28)2-7(27)15(33)21(19)42-24-18(36)20(12(5-31)39-24)41-23-14(30)17(35)16(34)11(4-25)38-23;1-7(26)11-3-2-8(27)22(36-11)39-19-10(29)4-9(28)15(32)21(19)41-24-18(35)20(13(6-31)38-24)40-23-14(30)17(34)16(33)12(5-25)37-23;24-4-7-1-2-8(26)21(35-7)38-18-10(28)3-9(27)14(31)20(18)40-23-17(34)19(12(6-30)37-23)39-22-13(29)16(33)15(32)11(5-25)36-22/h6-24,31-36H,2-5,25-30H2,1H3;2-3,7-24,31-35H,4-6,25-30H2,1H3;7-23,30-34H,1-6,24-29H2/t6-,7+,8-,9+,10-,11-,12+,13+,14+,15-,16+,17+,18+,19+,20+,21+,22+,23?,24-;7-,8+,9+,10-,11-,12-,13+,14+,15-,16+,17+,18+,19+,20+,21+,22+,23?,24-;7-,8+,9+,10-,11-,12+,13+,14-,15+,16+,17+,18+,19+,20+,21+,22+,23-/m000/s1. The lowest BCUT2D eigenvalue weighted by Gasteiger charge is -2.46. The number of ether oxygens (including phenoxy) is 18. The van der Waals surface area contributed by atoms with E-state index in [-0.39, 0.29) is 64.0 Å². The molecule has 9 heterocycles. The Kier molecular flexibility index (Phi) is 37.9. The van der Waals surface area contributed by atoms with Crippen molar-refractivity contribution in [3.8, 4) is 0 Å². The third kappa shape index (κ3) is 23.5. The summed E-state index contributed by atoms with van der Waals surface area (Å²) in [6.45, 7) is 1.52. The fourth-order valence-electron chi connectivity index (χ4n) is 17.0. The van der Waals surface area contributed by atoms with Gasteiger partial charge in [-0.2, -0.15) is 0 Å². The summed E-state index contributed by atoms with van der Waals surface area (Å²) in [6, 6.07) is -11.1. The Morgan fingerprint density at radius 1 is 0.285 bits per heavy atom. The summed E-state index contributed by atoms with van der Waals surface area (Å²) in [7, 11) is 0. The molecule has 3 aliphatic carbocycles. The van der Waals surface area contributed by atoms with Crippen LogP contribution in [0.25, 0.3) is 0 Å². The Hall–Kier alpha value is -2.34. The highest BCUT2D eigenvalue weighted by molar-refractivity contribution is 5.09. The molecule has 0 aromatic heterocycles. The van der Waals surface area contributed by atoms with Crippen LogP contribution in [0.15, 0.2) is 12.2 Å². The van der Waals surface area contributed by atoms with Crippen molar-refractivity contribution in [3.63, 3.8) is 0 Å². The second-order valence-corrected chi connectivity index (χ2v) is 33.9. The van der Waals surface area contributed by atoms with Crippen LogP contribution in [0.3, 0.4) is 0 Å². The van der Waals surface area contributed by atoms with Gasteiger partial charge in [-0.15, -0.1) is 0 Å². The van der Waals surface area contributed by atoms with E-state index in [4.69, 9.17) is 188 Å². The average Bonchev–Trinajstić information content (AvgIpc) is 1.62. The van der Waals surface area contributed by atoms with E-state index in [1.54, 1.807) is 26.0 Å². The van der Waals surface area contributed by atoms with E-state index in [1.807, 2.05) is 0 Å². The fourth-order valence-corrected chi connectivity index (χ4v) is 17.0. The quantitative estimate of drug-likeness (QED) is 0.0340. The van der Waals surface area contributed by atoms with Crippen molar-refractivity contribution in [1.29, 1.82) is 0 Å². The van der Waals surface area contributed by atoms with Crippen molar-refractivity contribution < 1.29 is 167 Å². The molecule has 12 aliphatic rings. The van der Waals surface area contributed by atoms with Gasteiger partial charge in [-0.05, 0) is 46.0 Å². The maximum absolute atomic E-state index is 11.1. The van der Waals surface area contributed by atoms with Crippen LogP contribution in [0.1, 0.15) is 52.4 Å². The van der Waals surface area contributed by atoms with E-state index >= 15 is 0 Å². The largest absolute Gasteiger partial charge is 0.394 e. The first-order valence-electron chi connectivity index (χ1n) is 41.7. The minimum atomic E-state index is -1.57. The highest BCUT2D eigenvalue weighted by Crippen LogP contribution is 2.40. The lowest BCUT2D eigenvalue weighted by Crippen LogP contribution is -2.66. The fraction of sp³-hybridized carbons (Fsp3) is 0.972. The first-order valence-corrected chi connectivity index (χ1v) is 41.7. The zero-order valence-corrected chi connectivity index (χ0v) is 68.4. The van der Waals surface area contributed by atoms with Gasteiger partial charge >= 0.3 is 0 Å². The summed E-state index contributed by atoms with van der Waals surface area (Å²) < 4.78 is 106. The zero-order valence-electron chi connectivity index (χ0n) is 68.4. The Bertz CT molecular complexity index is 3180. The zero-order chi connectivity index (χ0) is 90.5. The molecule has 8 saturated heterocycles. The van der Waals surface area contributed by atoms with Crippen molar-refractivity contribution in [3.05, 3.63) is 12.2 Å². The molecule has 54 atom stereocenters. The summed E-state index contributed by atoms with van der Waals surface area (Å²) in [6.07, 6.45) is -41.9. The maximum atomic E-state index is 11.1. The molecule has 52 heteroatoms. The van der Waals surface area contributed by atoms with Crippen LogP contribution in [0.4, 0.5) is 0 Å². The van der Waals surface area contributed by atoms with Gasteiger partial charge in [0.2, 0.25) is 0 Å². The molecule has 9 aliphatic heterocycles. The van der Waals surface area contributed by atoms with Gasteiger partial charge < -0.3 is 270 Å². The van der Waals surface area contributed by atoms with Crippen LogP contribution in [0.5, 0.6) is 0 Å². The Labute approximate surface area is 708 Å². The topological polar surface area (TPSA) is 958 Å². The Morgan fingerprint density at radius 2 is 0.602 bits per heavy atom. The highest BCUT2D eigenvalue weighted by atomic mass is 16.8. The van der Waals surface area contributed by atoms with E-state index in [0.29, 0.717) is 12.8 Å².